The van der Waals surface area contributed by atoms with Crippen LogP contribution >= 0.6 is 0 Å². The fourth-order valence-corrected chi connectivity index (χ4v) is 4.88. The molecule has 37 heavy (non-hydrogen) atoms. The molecule has 190 valence electrons. The number of para-hydroxylation sites is 3. The Bertz CT molecular complexity index is 1360. The number of piperidine rings is 1. The van der Waals surface area contributed by atoms with Crippen LogP contribution in [0.4, 0.5) is 5.69 Å². The van der Waals surface area contributed by atoms with E-state index in [0.717, 1.165) is 55.1 Å². The quantitative estimate of drug-likeness (QED) is 0.324. The third-order valence-corrected chi connectivity index (χ3v) is 6.94. The number of hydrogen-bond donors (Lipinski definition) is 1. The van der Waals surface area contributed by atoms with E-state index in [1.165, 1.54) is 6.92 Å². The molecule has 0 saturated carbocycles. The van der Waals surface area contributed by atoms with Crippen LogP contribution in [0.2, 0.25) is 0 Å². The molecule has 1 aromatic heterocycles. The van der Waals surface area contributed by atoms with Crippen molar-refractivity contribution in [2.75, 3.05) is 25.0 Å². The van der Waals surface area contributed by atoms with Crippen LogP contribution in [0, 0.1) is 5.92 Å². The molecule has 1 amide bonds. The number of likely N-dealkylation sites (tertiary alicyclic amines) is 1. The third kappa shape index (κ3) is 6.24. The monoisotopic (exact) mass is 496 g/mol. The second-order valence-corrected chi connectivity index (χ2v) is 9.63. The van der Waals surface area contributed by atoms with Crippen LogP contribution in [0.15, 0.2) is 78.9 Å². The predicted molar refractivity (Wildman–Crippen MR) is 145 cm³/mol. The van der Waals surface area contributed by atoms with Gasteiger partial charge in [-0.25, -0.2) is 4.98 Å². The van der Waals surface area contributed by atoms with Crippen molar-refractivity contribution in [3.05, 3.63) is 90.3 Å². The highest BCUT2D eigenvalue weighted by molar-refractivity contribution is 5.96. The lowest BCUT2D eigenvalue weighted by Gasteiger charge is -2.32. The van der Waals surface area contributed by atoms with Crippen LogP contribution in [-0.4, -0.2) is 45.8 Å². The first-order valence-electron chi connectivity index (χ1n) is 12.8. The van der Waals surface area contributed by atoms with Crippen molar-refractivity contribution in [1.29, 1.82) is 0 Å². The van der Waals surface area contributed by atoms with Crippen molar-refractivity contribution < 1.29 is 14.3 Å². The van der Waals surface area contributed by atoms with E-state index in [0.29, 0.717) is 30.3 Å². The number of imidazole rings is 1. The highest BCUT2D eigenvalue weighted by Gasteiger charge is 2.23. The van der Waals surface area contributed by atoms with Crippen LogP contribution < -0.4 is 10.1 Å². The Morgan fingerprint density at radius 1 is 0.946 bits per heavy atom. The molecular weight excluding hydrogens is 464 g/mol. The standard InChI is InChI=1S/C30H32N4O3/c1-22(35)24-11-13-25(14-12-24)31-30(36)20-33-17-15-23(16-18-33)19-34-28-10-6-5-9-27(28)32-29(34)21-37-26-7-3-2-4-8-26/h2-14,23H,15-21H2,1H3,(H,31,36). The fraction of sp³-hybridized carbons (Fsp3) is 0.300. The Balaban J connectivity index is 1.16. The lowest BCUT2D eigenvalue weighted by molar-refractivity contribution is -0.117. The number of anilines is 1. The first kappa shape index (κ1) is 24.7. The van der Waals surface area contributed by atoms with E-state index in [9.17, 15) is 9.59 Å². The molecule has 7 nitrogen and oxygen atoms in total. The average Bonchev–Trinajstić information content (AvgIpc) is 3.26. The van der Waals surface area contributed by atoms with Crippen molar-refractivity contribution in [2.45, 2.75) is 32.9 Å². The molecule has 1 aliphatic heterocycles. The molecule has 0 aliphatic carbocycles. The summed E-state index contributed by atoms with van der Waals surface area (Å²) in [6, 6.07) is 25.1. The Morgan fingerprint density at radius 2 is 1.65 bits per heavy atom. The number of ketones is 1. The molecule has 0 radical (unpaired) electrons. The maximum atomic E-state index is 12.6. The minimum atomic E-state index is -0.0324. The molecule has 0 bridgehead atoms. The smallest absolute Gasteiger partial charge is 0.238 e. The molecule has 2 heterocycles. The van der Waals surface area contributed by atoms with Crippen molar-refractivity contribution >= 4 is 28.4 Å². The van der Waals surface area contributed by atoms with Crippen molar-refractivity contribution in [3.63, 3.8) is 0 Å². The van der Waals surface area contributed by atoms with E-state index in [4.69, 9.17) is 9.72 Å². The molecule has 0 atom stereocenters. The summed E-state index contributed by atoms with van der Waals surface area (Å²) in [5.41, 5.74) is 3.47. The van der Waals surface area contributed by atoms with Gasteiger partial charge >= 0.3 is 0 Å². The Kier molecular flexibility index (Phi) is 7.61. The number of nitrogens with one attached hydrogen (secondary N) is 1. The Morgan fingerprint density at radius 3 is 2.38 bits per heavy atom. The topological polar surface area (TPSA) is 76.5 Å². The summed E-state index contributed by atoms with van der Waals surface area (Å²) in [5.74, 6) is 2.26. The van der Waals surface area contributed by atoms with Gasteiger partial charge < -0.3 is 14.6 Å². The van der Waals surface area contributed by atoms with E-state index in [2.05, 4.69) is 26.9 Å². The first-order chi connectivity index (χ1) is 18.0. The van der Waals surface area contributed by atoms with Crippen molar-refractivity contribution in [2.24, 2.45) is 5.92 Å². The van der Waals surface area contributed by atoms with Crippen LogP contribution in [0.1, 0.15) is 35.9 Å². The zero-order valence-electron chi connectivity index (χ0n) is 21.1. The zero-order valence-corrected chi connectivity index (χ0v) is 21.1. The minimum absolute atomic E-state index is 0.0141. The summed E-state index contributed by atoms with van der Waals surface area (Å²) in [5, 5.41) is 2.94. The summed E-state index contributed by atoms with van der Waals surface area (Å²) in [6.45, 7) is 4.96. The van der Waals surface area contributed by atoms with E-state index >= 15 is 0 Å². The summed E-state index contributed by atoms with van der Waals surface area (Å²) in [7, 11) is 0. The molecule has 1 fully saturated rings. The first-order valence-corrected chi connectivity index (χ1v) is 12.8. The zero-order chi connectivity index (χ0) is 25.6. The molecule has 1 saturated heterocycles. The van der Waals surface area contributed by atoms with Gasteiger partial charge in [-0.15, -0.1) is 0 Å². The lowest BCUT2D eigenvalue weighted by atomic mass is 9.96. The van der Waals surface area contributed by atoms with Gasteiger partial charge in [0.1, 0.15) is 18.2 Å². The summed E-state index contributed by atoms with van der Waals surface area (Å²) in [4.78, 5) is 31.1. The summed E-state index contributed by atoms with van der Waals surface area (Å²) in [6.07, 6.45) is 2.04. The number of Topliss-reactive ketones (excluding diaryl/α,β-unsaturated/α-hetero) is 1. The summed E-state index contributed by atoms with van der Waals surface area (Å²) >= 11 is 0. The SMILES string of the molecule is CC(=O)c1ccc(NC(=O)CN2CCC(Cn3c(COc4ccccc4)nc4ccccc43)CC2)cc1. The van der Waals surface area contributed by atoms with E-state index in [1.807, 2.05) is 42.5 Å². The number of aromatic nitrogens is 2. The lowest BCUT2D eigenvalue weighted by Crippen LogP contribution is -2.40. The number of benzene rings is 3. The average molecular weight is 497 g/mol. The molecule has 7 heteroatoms. The van der Waals surface area contributed by atoms with Crippen LogP contribution in [0.25, 0.3) is 11.0 Å². The number of carbonyl (C=O) groups excluding carboxylic acids is 2. The number of rotatable bonds is 9. The number of fused-ring (bicyclic) bond motifs is 1. The maximum absolute atomic E-state index is 12.6. The van der Waals surface area contributed by atoms with Gasteiger partial charge in [-0.3, -0.25) is 14.5 Å². The van der Waals surface area contributed by atoms with Crippen molar-refractivity contribution in [3.8, 4) is 5.75 Å². The molecule has 1 N–H and O–H groups in total. The second-order valence-electron chi connectivity index (χ2n) is 9.63. The third-order valence-electron chi connectivity index (χ3n) is 6.94. The minimum Gasteiger partial charge on any atom is -0.486 e. The highest BCUT2D eigenvalue weighted by atomic mass is 16.5. The number of nitrogens with zero attached hydrogens (tertiary/aromatic N) is 3. The fourth-order valence-electron chi connectivity index (χ4n) is 4.88. The van der Waals surface area contributed by atoms with Crippen molar-refractivity contribution in [1.82, 2.24) is 14.5 Å². The summed E-state index contributed by atoms with van der Waals surface area (Å²) < 4.78 is 8.33. The number of ether oxygens (including phenoxy) is 1. The second kappa shape index (κ2) is 11.4. The van der Waals surface area contributed by atoms with E-state index in [-0.39, 0.29) is 11.7 Å². The van der Waals surface area contributed by atoms with Gasteiger partial charge in [0.25, 0.3) is 0 Å². The number of carbonyl (C=O) groups is 2. The van der Waals surface area contributed by atoms with Gasteiger partial charge in [0.2, 0.25) is 5.91 Å². The molecule has 1 aliphatic rings. The molecular formula is C30H32N4O3. The molecule has 4 aromatic rings. The van der Waals surface area contributed by atoms with Gasteiger partial charge in [-0.2, -0.15) is 0 Å². The molecule has 0 unspecified atom stereocenters. The normalized spacial score (nSPS) is 14.5. The molecule has 3 aromatic carbocycles. The van der Waals surface area contributed by atoms with Gasteiger partial charge in [0.15, 0.2) is 5.78 Å². The van der Waals surface area contributed by atoms with Gasteiger partial charge in [0.05, 0.1) is 17.6 Å². The molecule has 5 rings (SSSR count). The highest BCUT2D eigenvalue weighted by Crippen LogP contribution is 2.24. The predicted octanol–water partition coefficient (Wildman–Crippen LogP) is 5.17. The Labute approximate surface area is 217 Å². The van der Waals surface area contributed by atoms with Gasteiger partial charge in [-0.1, -0.05) is 30.3 Å². The number of hydrogen-bond acceptors (Lipinski definition) is 5. The van der Waals surface area contributed by atoms with Crippen LogP contribution in [-0.2, 0) is 17.9 Å². The largest absolute Gasteiger partial charge is 0.486 e. The Hall–Kier alpha value is -3.97. The number of amides is 1. The molecule has 0 spiro atoms. The van der Waals surface area contributed by atoms with E-state index < -0.39 is 0 Å². The van der Waals surface area contributed by atoms with Crippen LogP contribution in [0.5, 0.6) is 5.75 Å². The van der Waals surface area contributed by atoms with Gasteiger partial charge in [0, 0.05) is 17.8 Å². The maximum Gasteiger partial charge on any atom is 0.238 e. The van der Waals surface area contributed by atoms with Crippen LogP contribution in [0.3, 0.4) is 0 Å². The van der Waals surface area contributed by atoms with E-state index in [1.54, 1.807) is 24.3 Å². The van der Waals surface area contributed by atoms with Gasteiger partial charge in [-0.05, 0) is 87.3 Å².